The predicted molar refractivity (Wildman–Crippen MR) is 106 cm³/mol. The molecule has 0 radical (unpaired) electrons. The Hall–Kier alpha value is -2.95. The maximum absolute atomic E-state index is 13.0. The van der Waals surface area contributed by atoms with E-state index in [1.807, 2.05) is 6.07 Å². The Kier molecular flexibility index (Phi) is 4.99. The third kappa shape index (κ3) is 3.33. The number of hydrogen-bond donors (Lipinski definition) is 0. The van der Waals surface area contributed by atoms with Crippen molar-refractivity contribution in [2.75, 3.05) is 13.1 Å². The number of fused-ring (bicyclic) bond motifs is 1. The summed E-state index contributed by atoms with van der Waals surface area (Å²) in [6, 6.07) is 16.4. The van der Waals surface area contributed by atoms with Gasteiger partial charge in [0.25, 0.3) is 11.8 Å². The van der Waals surface area contributed by atoms with Crippen LogP contribution in [0.5, 0.6) is 0 Å². The van der Waals surface area contributed by atoms with Crippen molar-refractivity contribution in [3.05, 3.63) is 71.3 Å². The van der Waals surface area contributed by atoms with Crippen molar-refractivity contribution in [3.63, 3.8) is 0 Å². The number of benzene rings is 2. The fourth-order valence-electron chi connectivity index (χ4n) is 4.24. The van der Waals surface area contributed by atoms with E-state index in [9.17, 15) is 14.4 Å². The molecule has 0 spiro atoms. The molecule has 1 fully saturated rings. The smallest absolute Gasteiger partial charge is 0.262 e. The van der Waals surface area contributed by atoms with Crippen molar-refractivity contribution in [1.82, 2.24) is 9.80 Å². The number of imide groups is 1. The Morgan fingerprint density at radius 1 is 0.929 bits per heavy atom. The van der Waals surface area contributed by atoms with Crippen molar-refractivity contribution in [2.24, 2.45) is 5.92 Å². The fourth-order valence-corrected chi connectivity index (χ4v) is 4.24. The standard InChI is InChI=1S/C23H24N2O3/c1-16(25-22(27)19-9-5-6-10-20(19)23(25)28)21(26)24-13-11-18(12-14-24)15-17-7-3-2-4-8-17/h2-10,16,18H,11-15H2,1H3/t16-/m1/s1. The fraction of sp³-hybridized carbons (Fsp3) is 0.348. The summed E-state index contributed by atoms with van der Waals surface area (Å²) in [4.78, 5) is 41.1. The minimum absolute atomic E-state index is 0.146. The van der Waals surface area contributed by atoms with Gasteiger partial charge in [0.15, 0.2) is 0 Å². The molecule has 28 heavy (non-hydrogen) atoms. The molecule has 144 valence electrons. The molecule has 5 heteroatoms. The molecule has 2 aliphatic rings. The molecule has 0 aliphatic carbocycles. The largest absolute Gasteiger partial charge is 0.341 e. The predicted octanol–water partition coefficient (Wildman–Crippen LogP) is 3.15. The first-order valence-corrected chi connectivity index (χ1v) is 9.86. The zero-order valence-electron chi connectivity index (χ0n) is 16.0. The first-order chi connectivity index (χ1) is 13.6. The quantitative estimate of drug-likeness (QED) is 0.770. The zero-order chi connectivity index (χ0) is 19.7. The van der Waals surface area contributed by atoms with E-state index in [1.54, 1.807) is 36.1 Å². The second-order valence-corrected chi connectivity index (χ2v) is 7.66. The average molecular weight is 376 g/mol. The minimum atomic E-state index is -0.780. The summed E-state index contributed by atoms with van der Waals surface area (Å²) in [6.45, 7) is 2.99. The average Bonchev–Trinajstić information content (AvgIpc) is 2.99. The highest BCUT2D eigenvalue weighted by Crippen LogP contribution is 2.27. The van der Waals surface area contributed by atoms with Gasteiger partial charge in [-0.05, 0) is 49.8 Å². The lowest BCUT2D eigenvalue weighted by atomic mass is 9.90. The van der Waals surface area contributed by atoms with Gasteiger partial charge in [0.05, 0.1) is 11.1 Å². The van der Waals surface area contributed by atoms with E-state index in [0.29, 0.717) is 30.1 Å². The van der Waals surface area contributed by atoms with Crippen LogP contribution in [-0.2, 0) is 11.2 Å². The highest BCUT2D eigenvalue weighted by Gasteiger charge is 2.42. The zero-order valence-corrected chi connectivity index (χ0v) is 16.0. The van der Waals surface area contributed by atoms with E-state index in [2.05, 4.69) is 24.3 Å². The second kappa shape index (κ2) is 7.58. The molecular formula is C23H24N2O3. The Morgan fingerprint density at radius 3 is 2.04 bits per heavy atom. The molecular weight excluding hydrogens is 352 g/mol. The van der Waals surface area contributed by atoms with Gasteiger partial charge in [-0.2, -0.15) is 0 Å². The van der Waals surface area contributed by atoms with Gasteiger partial charge in [0, 0.05) is 13.1 Å². The Labute approximate surface area is 164 Å². The van der Waals surface area contributed by atoms with Crippen molar-refractivity contribution in [3.8, 4) is 0 Å². The summed E-state index contributed by atoms with van der Waals surface area (Å²) in [7, 11) is 0. The minimum Gasteiger partial charge on any atom is -0.341 e. The summed E-state index contributed by atoms with van der Waals surface area (Å²) in [5, 5.41) is 0. The molecule has 0 N–H and O–H groups in total. The molecule has 1 saturated heterocycles. The van der Waals surface area contributed by atoms with Crippen LogP contribution in [-0.4, -0.2) is 46.7 Å². The van der Waals surface area contributed by atoms with Crippen LogP contribution in [0.1, 0.15) is 46.0 Å². The summed E-state index contributed by atoms with van der Waals surface area (Å²) in [5.74, 6) is -0.338. The highest BCUT2D eigenvalue weighted by atomic mass is 16.2. The van der Waals surface area contributed by atoms with Crippen molar-refractivity contribution in [1.29, 1.82) is 0 Å². The van der Waals surface area contributed by atoms with E-state index in [-0.39, 0.29) is 17.7 Å². The Bertz CT molecular complexity index is 866. The number of piperidine rings is 1. The number of carbonyl (C=O) groups is 3. The van der Waals surface area contributed by atoms with Crippen LogP contribution in [0, 0.1) is 5.92 Å². The van der Waals surface area contributed by atoms with Gasteiger partial charge in [-0.1, -0.05) is 42.5 Å². The van der Waals surface area contributed by atoms with Gasteiger partial charge in [0.1, 0.15) is 6.04 Å². The van der Waals surface area contributed by atoms with Gasteiger partial charge in [-0.15, -0.1) is 0 Å². The van der Waals surface area contributed by atoms with Crippen LogP contribution in [0.15, 0.2) is 54.6 Å². The Morgan fingerprint density at radius 2 is 1.46 bits per heavy atom. The van der Waals surface area contributed by atoms with Crippen LogP contribution < -0.4 is 0 Å². The van der Waals surface area contributed by atoms with E-state index < -0.39 is 6.04 Å². The third-order valence-electron chi connectivity index (χ3n) is 5.86. The molecule has 3 amide bonds. The van der Waals surface area contributed by atoms with E-state index in [1.165, 1.54) is 5.56 Å². The first-order valence-electron chi connectivity index (χ1n) is 9.86. The van der Waals surface area contributed by atoms with Crippen LogP contribution in [0.4, 0.5) is 0 Å². The number of carbonyl (C=O) groups excluding carboxylic acids is 3. The number of hydrogen-bond acceptors (Lipinski definition) is 3. The van der Waals surface area contributed by atoms with E-state index >= 15 is 0 Å². The molecule has 2 aliphatic heterocycles. The van der Waals surface area contributed by atoms with Gasteiger partial charge in [-0.3, -0.25) is 19.3 Å². The monoisotopic (exact) mass is 376 g/mol. The van der Waals surface area contributed by atoms with Gasteiger partial charge in [-0.25, -0.2) is 0 Å². The lowest BCUT2D eigenvalue weighted by Gasteiger charge is -2.35. The molecule has 4 rings (SSSR count). The van der Waals surface area contributed by atoms with Gasteiger partial charge in [0.2, 0.25) is 5.91 Å². The SMILES string of the molecule is C[C@H](C(=O)N1CCC(Cc2ccccc2)CC1)N1C(=O)c2ccccc2C1=O. The van der Waals surface area contributed by atoms with Crippen molar-refractivity contribution < 1.29 is 14.4 Å². The van der Waals surface area contributed by atoms with Crippen molar-refractivity contribution in [2.45, 2.75) is 32.2 Å². The third-order valence-corrected chi connectivity index (χ3v) is 5.86. The number of nitrogens with zero attached hydrogens (tertiary/aromatic N) is 2. The molecule has 2 aromatic carbocycles. The van der Waals surface area contributed by atoms with Gasteiger partial charge >= 0.3 is 0 Å². The van der Waals surface area contributed by atoms with Crippen LogP contribution >= 0.6 is 0 Å². The molecule has 0 unspecified atom stereocenters. The normalized spacial score (nSPS) is 18.3. The summed E-state index contributed by atoms with van der Waals surface area (Å²) >= 11 is 0. The molecule has 1 atom stereocenters. The number of amides is 3. The first kappa shape index (κ1) is 18.4. The van der Waals surface area contributed by atoms with Crippen LogP contribution in [0.25, 0.3) is 0 Å². The second-order valence-electron chi connectivity index (χ2n) is 7.66. The maximum atomic E-state index is 13.0. The Balaban J connectivity index is 1.38. The lowest BCUT2D eigenvalue weighted by molar-refractivity contribution is -0.136. The highest BCUT2D eigenvalue weighted by molar-refractivity contribution is 6.22. The van der Waals surface area contributed by atoms with E-state index in [0.717, 1.165) is 24.2 Å². The number of rotatable bonds is 4. The summed E-state index contributed by atoms with van der Waals surface area (Å²) in [5.41, 5.74) is 2.09. The van der Waals surface area contributed by atoms with E-state index in [4.69, 9.17) is 0 Å². The molecule has 2 aromatic rings. The summed E-state index contributed by atoms with van der Waals surface area (Å²) < 4.78 is 0. The van der Waals surface area contributed by atoms with Crippen LogP contribution in [0.3, 0.4) is 0 Å². The maximum Gasteiger partial charge on any atom is 0.262 e. The lowest BCUT2D eigenvalue weighted by Crippen LogP contribution is -2.51. The van der Waals surface area contributed by atoms with Crippen molar-refractivity contribution >= 4 is 17.7 Å². The van der Waals surface area contributed by atoms with Gasteiger partial charge < -0.3 is 4.90 Å². The number of likely N-dealkylation sites (tertiary alicyclic amines) is 1. The molecule has 0 aromatic heterocycles. The molecule has 5 nitrogen and oxygen atoms in total. The molecule has 0 saturated carbocycles. The van der Waals surface area contributed by atoms with Crippen LogP contribution in [0.2, 0.25) is 0 Å². The molecule has 2 heterocycles. The summed E-state index contributed by atoms with van der Waals surface area (Å²) in [6.07, 6.45) is 2.90. The molecule has 0 bridgehead atoms. The topological polar surface area (TPSA) is 57.7 Å².